The van der Waals surface area contributed by atoms with Crippen molar-refractivity contribution in [2.45, 2.75) is 109 Å². The molecule has 2 unspecified atom stereocenters. The quantitative estimate of drug-likeness (QED) is 0.285. The van der Waals surface area contributed by atoms with Crippen LogP contribution < -0.4 is 5.32 Å². The van der Waals surface area contributed by atoms with Crippen LogP contribution in [0.5, 0.6) is 0 Å². The van der Waals surface area contributed by atoms with E-state index in [-0.39, 0.29) is 31.0 Å². The fraction of sp³-hybridized carbons (Fsp3) is 0.909. The normalized spacial score (nSPS) is 17.4. The van der Waals surface area contributed by atoms with Gasteiger partial charge in [-0.3, -0.25) is 9.59 Å². The molecule has 28 heavy (non-hydrogen) atoms. The molecule has 164 valence electrons. The van der Waals surface area contributed by atoms with Gasteiger partial charge in [0.15, 0.2) is 0 Å². The van der Waals surface area contributed by atoms with Gasteiger partial charge in [-0.15, -0.1) is 0 Å². The van der Waals surface area contributed by atoms with Crippen LogP contribution in [0.4, 0.5) is 0 Å². The van der Waals surface area contributed by atoms with E-state index in [1.165, 1.54) is 44.9 Å². The van der Waals surface area contributed by atoms with Gasteiger partial charge < -0.3 is 19.9 Å². The molecule has 0 bridgehead atoms. The first kappa shape index (κ1) is 24.9. The minimum absolute atomic E-state index is 0.00948. The van der Waals surface area contributed by atoms with E-state index in [0.29, 0.717) is 19.4 Å². The number of unbranched alkanes of at least 4 members (excludes halogenated alkanes) is 8. The third-order valence-electron chi connectivity index (χ3n) is 5.18. The Kier molecular flexibility index (Phi) is 14.9. The van der Waals surface area contributed by atoms with Crippen LogP contribution in [-0.2, 0) is 19.1 Å². The van der Waals surface area contributed by atoms with Gasteiger partial charge in [-0.1, -0.05) is 58.3 Å². The predicted molar refractivity (Wildman–Crippen MR) is 110 cm³/mol. The molecule has 0 spiro atoms. The van der Waals surface area contributed by atoms with Crippen LogP contribution in [0, 0.1) is 0 Å². The molecule has 0 saturated carbocycles. The smallest absolute Gasteiger partial charge is 0.323 e. The first-order valence-corrected chi connectivity index (χ1v) is 11.4. The Morgan fingerprint density at radius 2 is 1.61 bits per heavy atom. The lowest BCUT2D eigenvalue weighted by Crippen LogP contribution is -2.32. The highest BCUT2D eigenvalue weighted by Crippen LogP contribution is 2.11. The Morgan fingerprint density at radius 1 is 0.964 bits per heavy atom. The van der Waals surface area contributed by atoms with Crippen LogP contribution >= 0.6 is 0 Å². The van der Waals surface area contributed by atoms with Crippen molar-refractivity contribution in [2.75, 3.05) is 19.8 Å². The molecule has 1 aliphatic rings. The van der Waals surface area contributed by atoms with Crippen molar-refractivity contribution in [3.05, 3.63) is 0 Å². The molecule has 2 atom stereocenters. The Hall–Kier alpha value is -1.14. The van der Waals surface area contributed by atoms with E-state index >= 15 is 0 Å². The molecule has 1 rings (SSSR count). The van der Waals surface area contributed by atoms with Gasteiger partial charge in [0.05, 0.1) is 25.7 Å². The average molecular weight is 400 g/mol. The highest BCUT2D eigenvalue weighted by molar-refractivity contribution is 5.76. The highest BCUT2D eigenvalue weighted by atomic mass is 16.5. The number of aliphatic hydroxyl groups is 1. The number of hydrogen-bond donors (Lipinski definition) is 2. The minimum Gasteiger partial charge on any atom is -0.466 e. The molecule has 0 radical (unpaired) electrons. The van der Waals surface area contributed by atoms with Crippen molar-refractivity contribution >= 4 is 11.9 Å². The number of carbonyl (C=O) groups is 2. The van der Waals surface area contributed by atoms with E-state index in [2.05, 4.69) is 12.2 Å². The number of rotatable bonds is 17. The Bertz CT molecular complexity index is 410. The lowest BCUT2D eigenvalue weighted by Gasteiger charge is -2.12. The number of nitrogens with one attached hydrogen (secondary N) is 1. The summed E-state index contributed by atoms with van der Waals surface area (Å²) in [6.45, 7) is 3.81. The summed E-state index contributed by atoms with van der Waals surface area (Å²) in [6.07, 6.45) is 13.1. The van der Waals surface area contributed by atoms with Gasteiger partial charge >= 0.3 is 11.9 Å². The summed E-state index contributed by atoms with van der Waals surface area (Å²) in [4.78, 5) is 23.4. The van der Waals surface area contributed by atoms with Crippen molar-refractivity contribution < 1.29 is 24.2 Å². The molecule has 0 aromatic rings. The second-order valence-electron chi connectivity index (χ2n) is 7.87. The zero-order chi connectivity index (χ0) is 20.5. The molecule has 0 amide bonds. The van der Waals surface area contributed by atoms with Crippen LogP contribution in [0.3, 0.4) is 0 Å². The SMILES string of the molecule is CCCCCCCCCCCOC(=O)CC(O)CCCOC(=O)C1CCCN1. The summed E-state index contributed by atoms with van der Waals surface area (Å²) in [5, 5.41) is 13.0. The Morgan fingerprint density at radius 3 is 2.25 bits per heavy atom. The van der Waals surface area contributed by atoms with Crippen LogP contribution in [0.15, 0.2) is 0 Å². The van der Waals surface area contributed by atoms with Crippen molar-refractivity contribution in [2.24, 2.45) is 0 Å². The van der Waals surface area contributed by atoms with Gasteiger partial charge in [-0.2, -0.15) is 0 Å². The standard InChI is InChI=1S/C22H41NO5/c1-2-3-4-5-6-7-8-9-10-16-27-21(25)18-19(24)13-12-17-28-22(26)20-14-11-15-23-20/h19-20,23-24H,2-18H2,1H3. The maximum atomic E-state index is 11.7. The van der Waals surface area contributed by atoms with E-state index < -0.39 is 6.10 Å². The Balaban J connectivity index is 1.88. The molecule has 1 heterocycles. The number of ether oxygens (including phenoxy) is 2. The van der Waals surface area contributed by atoms with Gasteiger partial charge in [0.1, 0.15) is 6.04 Å². The molecule has 0 aliphatic carbocycles. The second-order valence-corrected chi connectivity index (χ2v) is 7.87. The molecule has 2 N–H and O–H groups in total. The van der Waals surface area contributed by atoms with Gasteiger partial charge in [0.2, 0.25) is 0 Å². The van der Waals surface area contributed by atoms with Crippen molar-refractivity contribution in [3.63, 3.8) is 0 Å². The third-order valence-corrected chi connectivity index (χ3v) is 5.18. The largest absolute Gasteiger partial charge is 0.466 e. The van der Waals surface area contributed by atoms with Gasteiger partial charge in [-0.25, -0.2) is 0 Å². The van der Waals surface area contributed by atoms with Gasteiger partial charge in [-0.05, 0) is 38.6 Å². The minimum atomic E-state index is -0.737. The topological polar surface area (TPSA) is 84.9 Å². The van der Waals surface area contributed by atoms with E-state index in [4.69, 9.17) is 9.47 Å². The van der Waals surface area contributed by atoms with E-state index in [1.54, 1.807) is 0 Å². The van der Waals surface area contributed by atoms with Crippen LogP contribution in [-0.4, -0.2) is 48.9 Å². The van der Waals surface area contributed by atoms with Crippen LogP contribution in [0.2, 0.25) is 0 Å². The summed E-state index contributed by atoms with van der Waals surface area (Å²) in [7, 11) is 0. The van der Waals surface area contributed by atoms with Gasteiger partial charge in [0, 0.05) is 0 Å². The maximum Gasteiger partial charge on any atom is 0.323 e. The summed E-state index contributed by atoms with van der Waals surface area (Å²) >= 11 is 0. The molecule has 0 aromatic heterocycles. The Labute approximate surface area is 170 Å². The zero-order valence-electron chi connectivity index (χ0n) is 17.8. The molecule has 0 aromatic carbocycles. The number of hydrogen-bond acceptors (Lipinski definition) is 6. The molecule has 6 heteroatoms. The lowest BCUT2D eigenvalue weighted by molar-refractivity contribution is -0.148. The van der Waals surface area contributed by atoms with Crippen LogP contribution in [0.25, 0.3) is 0 Å². The van der Waals surface area contributed by atoms with Crippen LogP contribution in [0.1, 0.15) is 96.8 Å². The van der Waals surface area contributed by atoms with E-state index in [0.717, 1.165) is 32.2 Å². The van der Waals surface area contributed by atoms with Gasteiger partial charge in [0.25, 0.3) is 0 Å². The summed E-state index contributed by atoms with van der Waals surface area (Å²) in [6, 6.07) is -0.180. The van der Waals surface area contributed by atoms with Crippen molar-refractivity contribution in [1.82, 2.24) is 5.32 Å². The highest BCUT2D eigenvalue weighted by Gasteiger charge is 2.23. The molecular formula is C22H41NO5. The number of esters is 2. The molecule has 1 fully saturated rings. The summed E-state index contributed by atoms with van der Waals surface area (Å²) < 4.78 is 10.4. The third kappa shape index (κ3) is 13.1. The van der Waals surface area contributed by atoms with E-state index in [1.807, 2.05) is 0 Å². The maximum absolute atomic E-state index is 11.7. The fourth-order valence-electron chi connectivity index (χ4n) is 3.43. The monoisotopic (exact) mass is 399 g/mol. The first-order chi connectivity index (χ1) is 13.6. The summed E-state index contributed by atoms with van der Waals surface area (Å²) in [5.41, 5.74) is 0. The molecule has 1 saturated heterocycles. The predicted octanol–water partition coefficient (Wildman–Crippen LogP) is 3.89. The molecule has 1 aliphatic heterocycles. The molecular weight excluding hydrogens is 358 g/mol. The lowest BCUT2D eigenvalue weighted by atomic mass is 10.1. The summed E-state index contributed by atoms with van der Waals surface area (Å²) in [5.74, 6) is -0.563. The number of carbonyl (C=O) groups excluding carboxylic acids is 2. The van der Waals surface area contributed by atoms with Crippen molar-refractivity contribution in [1.29, 1.82) is 0 Å². The number of aliphatic hydroxyl groups excluding tert-OH is 1. The van der Waals surface area contributed by atoms with Crippen molar-refractivity contribution in [3.8, 4) is 0 Å². The zero-order valence-corrected chi connectivity index (χ0v) is 17.8. The molecule has 6 nitrogen and oxygen atoms in total. The average Bonchev–Trinajstić information content (AvgIpc) is 3.21. The first-order valence-electron chi connectivity index (χ1n) is 11.4. The second kappa shape index (κ2) is 16.8. The van der Waals surface area contributed by atoms with E-state index in [9.17, 15) is 14.7 Å². The fourth-order valence-corrected chi connectivity index (χ4v) is 3.43.